The molecule has 3 rings (SSSR count). The van der Waals surface area contributed by atoms with E-state index in [2.05, 4.69) is 9.88 Å². The van der Waals surface area contributed by atoms with Crippen LogP contribution in [0, 0.1) is 30.9 Å². The van der Waals surface area contributed by atoms with Gasteiger partial charge in [-0.05, 0) is 62.9 Å². The standard InChI is InChI=1S/C21H23N3O5/c1-13-10-18(24(27)28)7-8-19(13)22-20(25)12-29-21(26)9-4-16-11-14(2)23(15(16)3)17-5-6-17/h4,7-11,17H,5-6,12H2,1-3H3,(H,22,25)/b9-4+. The maximum absolute atomic E-state index is 12.0. The lowest BCUT2D eigenvalue weighted by molar-refractivity contribution is -0.384. The summed E-state index contributed by atoms with van der Waals surface area (Å²) >= 11 is 0. The molecule has 8 nitrogen and oxygen atoms in total. The normalized spacial score (nSPS) is 13.5. The monoisotopic (exact) mass is 397 g/mol. The summed E-state index contributed by atoms with van der Waals surface area (Å²) in [5, 5.41) is 13.3. The zero-order valence-electron chi connectivity index (χ0n) is 16.6. The highest BCUT2D eigenvalue weighted by molar-refractivity contribution is 5.95. The van der Waals surface area contributed by atoms with E-state index in [-0.39, 0.29) is 5.69 Å². The number of nitro benzene ring substituents is 1. The van der Waals surface area contributed by atoms with Gasteiger partial charge in [0, 0.05) is 41.3 Å². The van der Waals surface area contributed by atoms with Crippen molar-refractivity contribution in [2.45, 2.75) is 39.7 Å². The average Bonchev–Trinajstić information content (AvgIpc) is 3.45. The van der Waals surface area contributed by atoms with E-state index in [1.165, 1.54) is 37.1 Å². The molecule has 1 N–H and O–H groups in total. The van der Waals surface area contributed by atoms with E-state index in [0.717, 1.165) is 17.0 Å². The molecule has 2 aromatic rings. The third-order valence-electron chi connectivity index (χ3n) is 4.87. The van der Waals surface area contributed by atoms with E-state index in [4.69, 9.17) is 4.74 Å². The van der Waals surface area contributed by atoms with Crippen LogP contribution in [0.15, 0.2) is 30.3 Å². The molecule has 0 atom stereocenters. The van der Waals surface area contributed by atoms with Gasteiger partial charge in [-0.25, -0.2) is 4.79 Å². The van der Waals surface area contributed by atoms with Crippen LogP contribution in [-0.2, 0) is 14.3 Å². The van der Waals surface area contributed by atoms with Gasteiger partial charge in [-0.15, -0.1) is 0 Å². The Morgan fingerprint density at radius 3 is 2.62 bits per heavy atom. The summed E-state index contributed by atoms with van der Waals surface area (Å²) < 4.78 is 7.27. The van der Waals surface area contributed by atoms with Crippen LogP contribution in [0.25, 0.3) is 6.08 Å². The molecular weight excluding hydrogens is 374 g/mol. The molecule has 1 saturated carbocycles. The highest BCUT2D eigenvalue weighted by Crippen LogP contribution is 2.38. The molecule has 1 aromatic heterocycles. The average molecular weight is 397 g/mol. The first-order chi connectivity index (χ1) is 13.8. The van der Waals surface area contributed by atoms with Crippen molar-refractivity contribution in [3.63, 3.8) is 0 Å². The largest absolute Gasteiger partial charge is 0.452 e. The molecule has 1 aliphatic rings. The van der Waals surface area contributed by atoms with Gasteiger partial charge in [0.15, 0.2) is 6.61 Å². The number of ether oxygens (including phenoxy) is 1. The summed E-state index contributed by atoms with van der Waals surface area (Å²) in [6, 6.07) is 6.71. The molecule has 0 unspecified atom stereocenters. The Kier molecular flexibility index (Phi) is 5.81. The van der Waals surface area contributed by atoms with E-state index in [1.807, 2.05) is 19.9 Å². The lowest BCUT2D eigenvalue weighted by atomic mass is 10.2. The van der Waals surface area contributed by atoms with Crippen LogP contribution in [0.2, 0.25) is 0 Å². The number of aromatic nitrogens is 1. The Morgan fingerprint density at radius 2 is 2.00 bits per heavy atom. The van der Waals surface area contributed by atoms with Crippen LogP contribution in [0.3, 0.4) is 0 Å². The number of amides is 1. The van der Waals surface area contributed by atoms with Crippen molar-refractivity contribution < 1.29 is 19.2 Å². The third kappa shape index (κ3) is 4.90. The van der Waals surface area contributed by atoms with Gasteiger partial charge in [0.1, 0.15) is 0 Å². The van der Waals surface area contributed by atoms with Crippen LogP contribution in [-0.4, -0.2) is 28.0 Å². The highest BCUT2D eigenvalue weighted by atomic mass is 16.6. The van der Waals surface area contributed by atoms with Gasteiger partial charge in [-0.2, -0.15) is 0 Å². The SMILES string of the molecule is Cc1cc([N+](=O)[O-])ccc1NC(=O)COC(=O)/C=C/c1cc(C)n(C2CC2)c1C. The number of carbonyl (C=O) groups excluding carboxylic acids is 2. The number of nitrogens with zero attached hydrogens (tertiary/aromatic N) is 2. The van der Waals surface area contributed by atoms with Gasteiger partial charge in [-0.3, -0.25) is 14.9 Å². The number of anilines is 1. The molecule has 0 aliphatic heterocycles. The number of nitrogens with one attached hydrogen (secondary N) is 1. The van der Waals surface area contributed by atoms with Gasteiger partial charge in [0.25, 0.3) is 11.6 Å². The van der Waals surface area contributed by atoms with E-state index < -0.39 is 23.4 Å². The molecule has 0 saturated heterocycles. The number of hydrogen-bond acceptors (Lipinski definition) is 5. The van der Waals surface area contributed by atoms with Crippen molar-refractivity contribution in [2.24, 2.45) is 0 Å². The topological polar surface area (TPSA) is 103 Å². The van der Waals surface area contributed by atoms with Crippen molar-refractivity contribution in [3.05, 3.63) is 63.0 Å². The Hall–Kier alpha value is -3.42. The van der Waals surface area contributed by atoms with Crippen molar-refractivity contribution in [1.82, 2.24) is 4.57 Å². The van der Waals surface area contributed by atoms with Crippen LogP contribution in [0.5, 0.6) is 0 Å². The van der Waals surface area contributed by atoms with Gasteiger partial charge in [0.2, 0.25) is 0 Å². The third-order valence-corrected chi connectivity index (χ3v) is 4.87. The predicted octanol–water partition coefficient (Wildman–Crippen LogP) is 3.85. The maximum atomic E-state index is 12.0. The second-order valence-corrected chi connectivity index (χ2v) is 7.17. The van der Waals surface area contributed by atoms with Crippen LogP contribution < -0.4 is 5.32 Å². The Labute approximate surface area is 168 Å². The number of aryl methyl sites for hydroxylation is 2. The zero-order chi connectivity index (χ0) is 21.1. The second kappa shape index (κ2) is 8.30. The molecular formula is C21H23N3O5. The maximum Gasteiger partial charge on any atom is 0.331 e. The summed E-state index contributed by atoms with van der Waals surface area (Å²) in [6.45, 7) is 5.28. The summed E-state index contributed by atoms with van der Waals surface area (Å²) in [6.07, 6.45) is 5.38. The minimum atomic E-state index is -0.614. The molecule has 1 fully saturated rings. The number of hydrogen-bond donors (Lipinski definition) is 1. The molecule has 0 radical (unpaired) electrons. The van der Waals surface area contributed by atoms with Gasteiger partial charge < -0.3 is 14.6 Å². The quantitative estimate of drug-likeness (QED) is 0.331. The molecule has 1 aliphatic carbocycles. The fourth-order valence-corrected chi connectivity index (χ4v) is 3.30. The number of carbonyl (C=O) groups is 2. The predicted molar refractivity (Wildman–Crippen MR) is 109 cm³/mol. The molecule has 1 heterocycles. The van der Waals surface area contributed by atoms with Crippen molar-refractivity contribution in [1.29, 1.82) is 0 Å². The molecule has 29 heavy (non-hydrogen) atoms. The number of nitro groups is 1. The lowest BCUT2D eigenvalue weighted by Crippen LogP contribution is -2.20. The molecule has 152 valence electrons. The minimum Gasteiger partial charge on any atom is -0.452 e. The van der Waals surface area contributed by atoms with Crippen molar-refractivity contribution in [2.75, 3.05) is 11.9 Å². The van der Waals surface area contributed by atoms with Gasteiger partial charge in [0.05, 0.1) is 4.92 Å². The Bertz CT molecular complexity index is 1000. The summed E-state index contributed by atoms with van der Waals surface area (Å²) in [5.74, 6) is -1.13. The second-order valence-electron chi connectivity index (χ2n) is 7.17. The van der Waals surface area contributed by atoms with Crippen molar-refractivity contribution in [3.8, 4) is 0 Å². The summed E-state index contributed by atoms with van der Waals surface area (Å²) in [4.78, 5) is 34.2. The van der Waals surface area contributed by atoms with Crippen LogP contribution >= 0.6 is 0 Å². The van der Waals surface area contributed by atoms with Crippen molar-refractivity contribution >= 4 is 29.3 Å². The highest BCUT2D eigenvalue weighted by Gasteiger charge is 2.26. The first-order valence-electron chi connectivity index (χ1n) is 9.34. The molecule has 1 amide bonds. The summed E-state index contributed by atoms with van der Waals surface area (Å²) in [7, 11) is 0. The fraction of sp³-hybridized carbons (Fsp3) is 0.333. The van der Waals surface area contributed by atoms with Crippen LogP contribution in [0.4, 0.5) is 11.4 Å². The number of non-ortho nitro benzene ring substituents is 1. The van der Waals surface area contributed by atoms with Gasteiger partial charge in [-0.1, -0.05) is 0 Å². The van der Waals surface area contributed by atoms with E-state index >= 15 is 0 Å². The summed E-state index contributed by atoms with van der Waals surface area (Å²) in [5.41, 5.74) is 4.15. The first-order valence-corrected chi connectivity index (χ1v) is 9.34. The van der Waals surface area contributed by atoms with Crippen LogP contribution in [0.1, 0.15) is 41.4 Å². The minimum absolute atomic E-state index is 0.0573. The number of rotatable bonds is 7. The zero-order valence-corrected chi connectivity index (χ0v) is 16.6. The molecule has 8 heteroatoms. The molecule has 1 aromatic carbocycles. The fourth-order valence-electron chi connectivity index (χ4n) is 3.30. The van der Waals surface area contributed by atoms with E-state index in [0.29, 0.717) is 17.3 Å². The Morgan fingerprint density at radius 1 is 1.28 bits per heavy atom. The van der Waals surface area contributed by atoms with E-state index in [9.17, 15) is 19.7 Å². The molecule has 0 spiro atoms. The van der Waals surface area contributed by atoms with Gasteiger partial charge >= 0.3 is 5.97 Å². The smallest absolute Gasteiger partial charge is 0.331 e. The Balaban J connectivity index is 1.53. The number of benzene rings is 1. The lowest BCUT2D eigenvalue weighted by Gasteiger charge is -2.08. The number of esters is 1. The first kappa shape index (κ1) is 20.3. The molecule has 0 bridgehead atoms. The van der Waals surface area contributed by atoms with E-state index in [1.54, 1.807) is 13.0 Å².